The lowest BCUT2D eigenvalue weighted by atomic mass is 10.1. The summed E-state index contributed by atoms with van der Waals surface area (Å²) in [6.07, 6.45) is 1.48. The number of anilines is 1. The molecule has 4 rings (SSSR count). The number of nitrogens with one attached hydrogen (secondary N) is 1. The molecule has 7 nitrogen and oxygen atoms in total. The molecule has 1 fully saturated rings. The number of hydrogen-bond acceptors (Lipinski definition) is 6. The van der Waals surface area contributed by atoms with Crippen LogP contribution in [0.4, 0.5) is 19.3 Å². The third kappa shape index (κ3) is 6.35. The average Bonchev–Trinajstić information content (AvgIpc) is 3.13. The van der Waals surface area contributed by atoms with E-state index in [0.717, 1.165) is 22.6 Å². The van der Waals surface area contributed by atoms with E-state index in [1.54, 1.807) is 18.2 Å². The summed E-state index contributed by atoms with van der Waals surface area (Å²) in [5.74, 6) is -2.50. The number of nitrogens with zero attached hydrogens (tertiary/aromatic N) is 1. The number of carbonyl (C=O) groups is 3. The first kappa shape index (κ1) is 27.6. The van der Waals surface area contributed by atoms with Gasteiger partial charge >= 0.3 is 0 Å². The van der Waals surface area contributed by atoms with Gasteiger partial charge in [0.25, 0.3) is 11.1 Å². The summed E-state index contributed by atoms with van der Waals surface area (Å²) in [6.45, 7) is -0.447. The monoisotopic (exact) mass is 622 g/mol. The number of imide groups is 1. The summed E-state index contributed by atoms with van der Waals surface area (Å²) >= 11 is 10.3. The Labute approximate surface area is 233 Å². The lowest BCUT2D eigenvalue weighted by Crippen LogP contribution is -2.36. The summed E-state index contributed by atoms with van der Waals surface area (Å²) in [6, 6.07) is 13.2. The minimum absolute atomic E-state index is 0.0782. The fourth-order valence-electron chi connectivity index (χ4n) is 3.44. The highest BCUT2D eigenvalue weighted by molar-refractivity contribution is 9.10. The number of thioether (sulfide) groups is 1. The summed E-state index contributed by atoms with van der Waals surface area (Å²) < 4.78 is 38.8. The van der Waals surface area contributed by atoms with Gasteiger partial charge in [-0.15, -0.1) is 0 Å². The Hall–Kier alpha value is -3.41. The molecule has 38 heavy (non-hydrogen) atoms. The van der Waals surface area contributed by atoms with Crippen molar-refractivity contribution in [3.05, 3.63) is 91.8 Å². The second kappa shape index (κ2) is 12.0. The Morgan fingerprint density at radius 1 is 1.16 bits per heavy atom. The van der Waals surface area contributed by atoms with Gasteiger partial charge in [0.15, 0.2) is 11.5 Å². The van der Waals surface area contributed by atoms with Crippen molar-refractivity contribution < 1.29 is 32.6 Å². The standard InChI is InChI=1S/C26H18BrClF2N2O5S/c1-36-21-9-14(8-17(27)24(21)37-13-15-4-2-3-5-18(15)28)10-22-25(34)32(26(35)38-22)12-23(33)31-20-7-6-16(29)11-19(20)30/h2-11H,12-13H2,1H3,(H,31,33)/b22-10+. The van der Waals surface area contributed by atoms with Crippen LogP contribution in [-0.2, 0) is 16.2 Å². The third-order valence-corrected chi connectivity index (χ3v) is 7.13. The van der Waals surface area contributed by atoms with Gasteiger partial charge in [0.1, 0.15) is 24.8 Å². The van der Waals surface area contributed by atoms with Gasteiger partial charge in [-0.2, -0.15) is 0 Å². The average molecular weight is 624 g/mol. The number of amides is 3. The van der Waals surface area contributed by atoms with E-state index >= 15 is 0 Å². The van der Waals surface area contributed by atoms with Gasteiger partial charge in [-0.25, -0.2) is 8.78 Å². The molecule has 0 unspecified atom stereocenters. The first-order chi connectivity index (χ1) is 18.2. The van der Waals surface area contributed by atoms with Crippen molar-refractivity contribution in [2.75, 3.05) is 19.0 Å². The smallest absolute Gasteiger partial charge is 0.294 e. The number of benzene rings is 3. The Morgan fingerprint density at radius 2 is 1.92 bits per heavy atom. The molecule has 3 aromatic rings. The molecular weight excluding hydrogens is 606 g/mol. The molecule has 0 aromatic heterocycles. The minimum atomic E-state index is -0.980. The molecule has 12 heteroatoms. The van der Waals surface area contributed by atoms with Crippen LogP contribution in [0.1, 0.15) is 11.1 Å². The van der Waals surface area contributed by atoms with Crippen LogP contribution in [0.5, 0.6) is 11.5 Å². The van der Waals surface area contributed by atoms with Crippen LogP contribution >= 0.6 is 39.3 Å². The van der Waals surface area contributed by atoms with E-state index < -0.39 is 35.2 Å². The zero-order valence-electron chi connectivity index (χ0n) is 19.6. The fraction of sp³-hybridized carbons (Fsp3) is 0.115. The molecular formula is C26H18BrClF2N2O5S. The van der Waals surface area contributed by atoms with E-state index in [-0.39, 0.29) is 17.2 Å². The Balaban J connectivity index is 1.48. The largest absolute Gasteiger partial charge is 0.493 e. The molecule has 0 saturated carbocycles. The van der Waals surface area contributed by atoms with Crippen molar-refractivity contribution in [1.29, 1.82) is 0 Å². The molecule has 3 aromatic carbocycles. The van der Waals surface area contributed by atoms with E-state index in [2.05, 4.69) is 21.2 Å². The van der Waals surface area contributed by atoms with Crippen LogP contribution in [0.15, 0.2) is 64.0 Å². The summed E-state index contributed by atoms with van der Waals surface area (Å²) in [5, 5.41) is 2.12. The van der Waals surface area contributed by atoms with E-state index in [1.165, 1.54) is 13.2 Å². The van der Waals surface area contributed by atoms with E-state index in [4.69, 9.17) is 21.1 Å². The zero-order chi connectivity index (χ0) is 27.4. The maximum atomic E-state index is 13.8. The molecule has 196 valence electrons. The second-order valence-corrected chi connectivity index (χ2v) is 10.1. The number of halogens is 4. The van der Waals surface area contributed by atoms with Gasteiger partial charge in [0, 0.05) is 16.7 Å². The molecule has 0 atom stereocenters. The van der Waals surface area contributed by atoms with Crippen LogP contribution in [0.25, 0.3) is 6.08 Å². The number of methoxy groups -OCH3 is 1. The maximum Gasteiger partial charge on any atom is 0.294 e. The molecule has 1 aliphatic rings. The second-order valence-electron chi connectivity index (χ2n) is 7.85. The maximum absolute atomic E-state index is 13.8. The molecule has 0 bridgehead atoms. The number of rotatable bonds is 8. The molecule has 1 heterocycles. The predicted molar refractivity (Wildman–Crippen MR) is 144 cm³/mol. The van der Waals surface area contributed by atoms with Gasteiger partial charge in [0.2, 0.25) is 5.91 Å². The quantitative estimate of drug-likeness (QED) is 0.283. The zero-order valence-corrected chi connectivity index (χ0v) is 22.8. The Kier molecular flexibility index (Phi) is 8.70. The molecule has 0 radical (unpaired) electrons. The molecule has 0 spiro atoms. The molecule has 1 aliphatic heterocycles. The van der Waals surface area contributed by atoms with Crippen LogP contribution in [-0.4, -0.2) is 35.6 Å². The van der Waals surface area contributed by atoms with Gasteiger partial charge < -0.3 is 14.8 Å². The molecule has 0 aliphatic carbocycles. The van der Waals surface area contributed by atoms with Crippen molar-refractivity contribution in [2.45, 2.75) is 6.61 Å². The van der Waals surface area contributed by atoms with E-state index in [0.29, 0.717) is 44.4 Å². The van der Waals surface area contributed by atoms with Crippen molar-refractivity contribution >= 4 is 68.1 Å². The fourth-order valence-corrected chi connectivity index (χ4v) is 5.04. The van der Waals surface area contributed by atoms with Crippen molar-refractivity contribution in [3.63, 3.8) is 0 Å². The number of carbonyl (C=O) groups excluding carboxylic acids is 3. The predicted octanol–water partition coefficient (Wildman–Crippen LogP) is 6.64. The van der Waals surface area contributed by atoms with Crippen LogP contribution in [0.3, 0.4) is 0 Å². The van der Waals surface area contributed by atoms with Gasteiger partial charge in [-0.3, -0.25) is 19.3 Å². The first-order valence-corrected chi connectivity index (χ1v) is 12.9. The highest BCUT2D eigenvalue weighted by atomic mass is 79.9. The van der Waals surface area contributed by atoms with Gasteiger partial charge in [-0.05, 0) is 69.7 Å². The molecule has 1 saturated heterocycles. The Morgan fingerprint density at radius 3 is 2.63 bits per heavy atom. The highest BCUT2D eigenvalue weighted by Gasteiger charge is 2.36. The lowest BCUT2D eigenvalue weighted by molar-refractivity contribution is -0.127. The van der Waals surface area contributed by atoms with Crippen LogP contribution < -0.4 is 14.8 Å². The lowest BCUT2D eigenvalue weighted by Gasteiger charge is -2.14. The molecule has 1 N–H and O–H groups in total. The third-order valence-electron chi connectivity index (χ3n) is 5.26. The van der Waals surface area contributed by atoms with E-state index in [1.807, 2.05) is 18.2 Å². The van der Waals surface area contributed by atoms with Crippen molar-refractivity contribution in [3.8, 4) is 11.5 Å². The summed E-state index contributed by atoms with van der Waals surface area (Å²) in [4.78, 5) is 38.4. The van der Waals surface area contributed by atoms with Crippen molar-refractivity contribution in [1.82, 2.24) is 4.90 Å². The minimum Gasteiger partial charge on any atom is -0.493 e. The van der Waals surface area contributed by atoms with Gasteiger partial charge in [0.05, 0.1) is 22.2 Å². The summed E-state index contributed by atoms with van der Waals surface area (Å²) in [7, 11) is 1.46. The van der Waals surface area contributed by atoms with Crippen molar-refractivity contribution in [2.24, 2.45) is 0 Å². The SMILES string of the molecule is COc1cc(/C=C2/SC(=O)N(CC(=O)Nc3ccc(F)cc3F)C2=O)cc(Br)c1OCc1ccccc1Cl. The van der Waals surface area contributed by atoms with Crippen LogP contribution in [0.2, 0.25) is 5.02 Å². The summed E-state index contributed by atoms with van der Waals surface area (Å²) in [5.41, 5.74) is 1.04. The normalized spacial score (nSPS) is 14.2. The van der Waals surface area contributed by atoms with Gasteiger partial charge in [-0.1, -0.05) is 29.8 Å². The number of ether oxygens (including phenoxy) is 2. The molecule has 3 amide bonds. The highest BCUT2D eigenvalue weighted by Crippen LogP contribution is 2.39. The van der Waals surface area contributed by atoms with Crippen LogP contribution in [0, 0.1) is 11.6 Å². The Bertz CT molecular complexity index is 1470. The first-order valence-electron chi connectivity index (χ1n) is 10.9. The number of hydrogen-bond donors (Lipinski definition) is 1. The topological polar surface area (TPSA) is 84.9 Å². The van der Waals surface area contributed by atoms with E-state index in [9.17, 15) is 23.2 Å².